The van der Waals surface area contributed by atoms with E-state index < -0.39 is 20.9 Å². The smallest absolute Gasteiger partial charge is 0.274 e. The van der Waals surface area contributed by atoms with Gasteiger partial charge in [-0.3, -0.25) is 14.9 Å². The molecule has 9 nitrogen and oxygen atoms in total. The number of amides is 1. The minimum Gasteiger partial charge on any atom is -0.379 e. The van der Waals surface area contributed by atoms with E-state index in [0.29, 0.717) is 24.5 Å². The monoisotopic (exact) mass is 405 g/mol. The van der Waals surface area contributed by atoms with Crippen LogP contribution in [0.5, 0.6) is 0 Å². The van der Waals surface area contributed by atoms with Crippen molar-refractivity contribution in [1.29, 1.82) is 0 Å². The molecule has 0 spiro atoms. The number of carbonyl (C=O) groups is 1. The van der Waals surface area contributed by atoms with Crippen molar-refractivity contribution >= 4 is 27.3 Å². The first-order chi connectivity index (χ1) is 13.3. The summed E-state index contributed by atoms with van der Waals surface area (Å²) in [4.78, 5) is 23.1. The van der Waals surface area contributed by atoms with E-state index in [4.69, 9.17) is 4.74 Å². The number of nitro groups is 1. The number of benzene rings is 2. The van der Waals surface area contributed by atoms with E-state index in [9.17, 15) is 23.3 Å². The van der Waals surface area contributed by atoms with Crippen LogP contribution in [0.3, 0.4) is 0 Å². The van der Waals surface area contributed by atoms with Gasteiger partial charge in [0.1, 0.15) is 0 Å². The van der Waals surface area contributed by atoms with Gasteiger partial charge in [0.15, 0.2) is 0 Å². The first-order valence-electron chi connectivity index (χ1n) is 8.54. The van der Waals surface area contributed by atoms with E-state index >= 15 is 0 Å². The summed E-state index contributed by atoms with van der Waals surface area (Å²) in [5.41, 5.74) is 0.639. The van der Waals surface area contributed by atoms with Gasteiger partial charge in [0, 0.05) is 24.7 Å². The largest absolute Gasteiger partial charge is 0.379 e. The van der Waals surface area contributed by atoms with Crippen molar-refractivity contribution in [1.82, 2.24) is 4.31 Å². The van der Waals surface area contributed by atoms with Crippen molar-refractivity contribution in [3.8, 4) is 0 Å². The molecule has 2 aromatic carbocycles. The number of nitro benzene ring substituents is 1. The molecule has 0 saturated carbocycles. The average molecular weight is 405 g/mol. The van der Waals surface area contributed by atoms with Crippen molar-refractivity contribution in [2.24, 2.45) is 0 Å². The first-order valence-corrected chi connectivity index (χ1v) is 9.98. The number of sulfonamides is 1. The highest BCUT2D eigenvalue weighted by Gasteiger charge is 2.27. The Morgan fingerprint density at radius 1 is 1.18 bits per heavy atom. The van der Waals surface area contributed by atoms with Crippen LogP contribution in [0.25, 0.3) is 0 Å². The van der Waals surface area contributed by atoms with Gasteiger partial charge in [-0.25, -0.2) is 8.42 Å². The van der Waals surface area contributed by atoms with Gasteiger partial charge in [-0.15, -0.1) is 0 Å². The van der Waals surface area contributed by atoms with Crippen LogP contribution in [0.15, 0.2) is 47.4 Å². The Morgan fingerprint density at radius 2 is 1.86 bits per heavy atom. The summed E-state index contributed by atoms with van der Waals surface area (Å²) >= 11 is 0. The zero-order valence-corrected chi connectivity index (χ0v) is 15.9. The van der Waals surface area contributed by atoms with Gasteiger partial charge >= 0.3 is 0 Å². The molecule has 0 atom stereocenters. The molecule has 0 aliphatic carbocycles. The molecule has 1 saturated heterocycles. The first kappa shape index (κ1) is 19.9. The van der Waals surface area contributed by atoms with Gasteiger partial charge in [0.2, 0.25) is 10.0 Å². The Hall–Kier alpha value is -2.82. The number of morpholine rings is 1. The van der Waals surface area contributed by atoms with Crippen LogP contribution >= 0.6 is 0 Å². The second-order valence-corrected chi connectivity index (χ2v) is 8.14. The summed E-state index contributed by atoms with van der Waals surface area (Å²) in [5, 5.41) is 13.7. The van der Waals surface area contributed by atoms with E-state index in [2.05, 4.69) is 5.32 Å². The molecule has 1 amide bonds. The third-order valence-electron chi connectivity index (χ3n) is 4.45. The van der Waals surface area contributed by atoms with Gasteiger partial charge in [0.25, 0.3) is 11.6 Å². The van der Waals surface area contributed by atoms with E-state index in [1.54, 1.807) is 6.07 Å². The summed E-state index contributed by atoms with van der Waals surface area (Å²) in [6.07, 6.45) is 0. The summed E-state index contributed by atoms with van der Waals surface area (Å²) in [5.74, 6) is -0.553. The fourth-order valence-corrected chi connectivity index (χ4v) is 4.34. The highest BCUT2D eigenvalue weighted by atomic mass is 32.2. The number of nitrogens with one attached hydrogen (secondary N) is 1. The maximum absolute atomic E-state index is 12.8. The molecule has 0 unspecified atom stereocenters. The lowest BCUT2D eigenvalue weighted by Gasteiger charge is -2.26. The molecule has 3 rings (SSSR count). The van der Waals surface area contributed by atoms with Gasteiger partial charge in [-0.05, 0) is 31.2 Å². The average Bonchev–Trinajstić information content (AvgIpc) is 2.70. The van der Waals surface area contributed by atoms with Crippen LogP contribution < -0.4 is 5.32 Å². The maximum Gasteiger partial charge on any atom is 0.274 e. The molecule has 0 radical (unpaired) electrons. The minimum absolute atomic E-state index is 0.0119. The number of nitrogens with zero attached hydrogens (tertiary/aromatic N) is 2. The Kier molecular flexibility index (Phi) is 5.73. The number of carbonyl (C=O) groups excluding carboxylic acids is 1. The van der Waals surface area contributed by atoms with Crippen molar-refractivity contribution in [2.45, 2.75) is 11.8 Å². The lowest BCUT2D eigenvalue weighted by molar-refractivity contribution is -0.385. The number of hydrogen-bond donors (Lipinski definition) is 1. The van der Waals surface area contributed by atoms with Crippen molar-refractivity contribution in [3.63, 3.8) is 0 Å². The molecular weight excluding hydrogens is 386 g/mol. The zero-order chi connectivity index (χ0) is 20.3. The molecular formula is C18H19N3O6S. The third kappa shape index (κ3) is 4.03. The molecule has 1 aliphatic heterocycles. The highest BCUT2D eigenvalue weighted by molar-refractivity contribution is 7.89. The Balaban J connectivity index is 1.85. The second-order valence-electron chi connectivity index (χ2n) is 6.21. The number of anilines is 1. The number of hydrogen-bond acceptors (Lipinski definition) is 6. The Morgan fingerprint density at radius 3 is 2.54 bits per heavy atom. The third-order valence-corrected chi connectivity index (χ3v) is 6.35. The van der Waals surface area contributed by atoms with Gasteiger partial charge < -0.3 is 10.1 Å². The molecule has 1 heterocycles. The predicted molar refractivity (Wildman–Crippen MR) is 102 cm³/mol. The molecule has 10 heteroatoms. The molecule has 0 bridgehead atoms. The van der Waals surface area contributed by atoms with Gasteiger partial charge in [-0.1, -0.05) is 12.1 Å². The SMILES string of the molecule is Cc1c(NC(=O)c2cccc(S(=O)(=O)N3CCOCC3)c2)cccc1[N+](=O)[O-]. The number of rotatable bonds is 5. The minimum atomic E-state index is -3.73. The second kappa shape index (κ2) is 8.05. The lowest BCUT2D eigenvalue weighted by Crippen LogP contribution is -2.40. The summed E-state index contributed by atoms with van der Waals surface area (Å²) in [7, 11) is -3.73. The molecule has 148 valence electrons. The van der Waals surface area contributed by atoms with E-state index in [0.717, 1.165) is 0 Å². The van der Waals surface area contributed by atoms with E-state index in [-0.39, 0.29) is 29.2 Å². The topological polar surface area (TPSA) is 119 Å². The lowest BCUT2D eigenvalue weighted by atomic mass is 10.1. The van der Waals surface area contributed by atoms with Crippen LogP contribution in [0, 0.1) is 17.0 Å². The van der Waals surface area contributed by atoms with Crippen LogP contribution in [-0.2, 0) is 14.8 Å². The predicted octanol–water partition coefficient (Wildman–Crippen LogP) is 2.18. The molecule has 1 fully saturated rings. The summed E-state index contributed by atoms with van der Waals surface area (Å²) < 4.78 is 32.0. The Bertz CT molecular complexity index is 1020. The zero-order valence-electron chi connectivity index (χ0n) is 15.1. The quantitative estimate of drug-likeness (QED) is 0.601. The van der Waals surface area contributed by atoms with Crippen LogP contribution in [0.2, 0.25) is 0 Å². The fraction of sp³-hybridized carbons (Fsp3) is 0.278. The highest BCUT2D eigenvalue weighted by Crippen LogP contribution is 2.26. The fourth-order valence-electron chi connectivity index (χ4n) is 2.88. The maximum atomic E-state index is 12.8. The number of ether oxygens (including phenoxy) is 1. The molecule has 1 aliphatic rings. The molecule has 1 N–H and O–H groups in total. The van der Waals surface area contributed by atoms with Crippen LogP contribution in [0.4, 0.5) is 11.4 Å². The van der Waals surface area contributed by atoms with E-state index in [1.165, 1.54) is 47.6 Å². The van der Waals surface area contributed by atoms with Crippen LogP contribution in [-0.4, -0.2) is 49.9 Å². The van der Waals surface area contributed by atoms with Crippen molar-refractivity contribution in [2.75, 3.05) is 31.6 Å². The summed E-state index contributed by atoms with van der Waals surface area (Å²) in [6, 6.07) is 10.1. The molecule has 28 heavy (non-hydrogen) atoms. The van der Waals surface area contributed by atoms with E-state index in [1.807, 2.05) is 0 Å². The van der Waals surface area contributed by atoms with Crippen LogP contribution in [0.1, 0.15) is 15.9 Å². The van der Waals surface area contributed by atoms with Crippen molar-refractivity contribution < 1.29 is 22.9 Å². The van der Waals surface area contributed by atoms with Crippen molar-refractivity contribution in [3.05, 3.63) is 63.7 Å². The Labute approximate surface area is 162 Å². The van der Waals surface area contributed by atoms with Gasteiger partial charge in [0.05, 0.1) is 34.3 Å². The summed E-state index contributed by atoms with van der Waals surface area (Å²) in [6.45, 7) is 2.70. The molecule has 0 aromatic heterocycles. The molecule has 2 aromatic rings. The van der Waals surface area contributed by atoms with Gasteiger partial charge in [-0.2, -0.15) is 4.31 Å². The normalized spacial score (nSPS) is 15.2. The standard InChI is InChI=1S/C18H19N3O6S/c1-13-16(6-3-7-17(13)21(23)24)19-18(22)14-4-2-5-15(12-14)28(25,26)20-8-10-27-11-9-20/h2-7,12H,8-11H2,1H3,(H,19,22).